The van der Waals surface area contributed by atoms with Crippen molar-refractivity contribution in [3.8, 4) is 0 Å². The van der Waals surface area contributed by atoms with Gasteiger partial charge in [-0.2, -0.15) is 4.98 Å². The van der Waals surface area contributed by atoms with Gasteiger partial charge in [-0.1, -0.05) is 23.4 Å². The summed E-state index contributed by atoms with van der Waals surface area (Å²) in [6, 6.07) is 8.12. The quantitative estimate of drug-likeness (QED) is 0.559. The lowest BCUT2D eigenvalue weighted by atomic mass is 10.1. The predicted octanol–water partition coefficient (Wildman–Crippen LogP) is 2.63. The number of aryl methyl sites for hydroxylation is 3. The molecule has 0 saturated heterocycles. The fourth-order valence-corrected chi connectivity index (χ4v) is 2.62. The second kappa shape index (κ2) is 7.12. The molecule has 3 aromatic rings. The summed E-state index contributed by atoms with van der Waals surface area (Å²) in [5, 5.41) is 7.73. The van der Waals surface area contributed by atoms with Crippen molar-refractivity contribution in [2.24, 2.45) is 7.05 Å². The molecule has 0 radical (unpaired) electrons. The van der Waals surface area contributed by atoms with Crippen molar-refractivity contribution < 1.29 is 9.32 Å². The zero-order valence-corrected chi connectivity index (χ0v) is 13.8. The fraction of sp³-hybridized carbons (Fsp3) is 0.278. The lowest BCUT2D eigenvalue weighted by molar-refractivity contribution is -0.116. The van der Waals surface area contributed by atoms with Crippen LogP contribution in [0, 0.1) is 6.92 Å². The van der Waals surface area contributed by atoms with Crippen molar-refractivity contribution in [3.05, 3.63) is 53.8 Å². The summed E-state index contributed by atoms with van der Waals surface area (Å²) in [6.07, 6.45) is 6.85. The maximum atomic E-state index is 11.9. The van der Waals surface area contributed by atoms with Crippen molar-refractivity contribution in [3.63, 3.8) is 0 Å². The number of carbonyl (C=O) groups is 1. The van der Waals surface area contributed by atoms with Gasteiger partial charge in [-0.05, 0) is 25.5 Å². The highest BCUT2D eigenvalue weighted by Crippen LogP contribution is 2.21. The standard InChI is InChI=1S/C18H20N4O2/c1-13-20-18(24-21-13)8-5-11-19-17(23)10-9-14-12-22(2)16-7-4-3-6-15(14)16/h3-4,6-7,9-10,12H,5,8,11H2,1-2H3,(H,19,23)/b10-9+. The number of rotatable bonds is 6. The van der Waals surface area contributed by atoms with Gasteiger partial charge in [-0.25, -0.2) is 0 Å². The van der Waals surface area contributed by atoms with Crippen LogP contribution in [0.1, 0.15) is 23.7 Å². The molecule has 1 N–H and O–H groups in total. The minimum atomic E-state index is -0.107. The number of fused-ring (bicyclic) bond motifs is 1. The average molecular weight is 324 g/mol. The molecule has 0 saturated carbocycles. The van der Waals surface area contributed by atoms with Crippen LogP contribution in [-0.4, -0.2) is 27.2 Å². The van der Waals surface area contributed by atoms with Gasteiger partial charge in [0.15, 0.2) is 5.82 Å². The molecule has 0 atom stereocenters. The second-order valence-electron chi connectivity index (χ2n) is 5.68. The number of benzene rings is 1. The first-order valence-corrected chi connectivity index (χ1v) is 7.92. The van der Waals surface area contributed by atoms with E-state index in [0.29, 0.717) is 24.7 Å². The molecule has 0 aliphatic carbocycles. The van der Waals surface area contributed by atoms with E-state index in [9.17, 15) is 4.79 Å². The average Bonchev–Trinajstić information content (AvgIpc) is 3.14. The van der Waals surface area contributed by atoms with Gasteiger partial charge in [0.25, 0.3) is 0 Å². The highest BCUT2D eigenvalue weighted by atomic mass is 16.5. The maximum Gasteiger partial charge on any atom is 0.244 e. The third-order valence-electron chi connectivity index (χ3n) is 3.78. The summed E-state index contributed by atoms with van der Waals surface area (Å²) in [5.41, 5.74) is 2.18. The van der Waals surface area contributed by atoms with E-state index in [0.717, 1.165) is 22.9 Å². The molecule has 0 aliphatic heterocycles. The number of para-hydroxylation sites is 1. The van der Waals surface area contributed by atoms with Crippen LogP contribution in [0.4, 0.5) is 0 Å². The van der Waals surface area contributed by atoms with Crippen LogP contribution in [0.25, 0.3) is 17.0 Å². The summed E-state index contributed by atoms with van der Waals surface area (Å²) in [7, 11) is 2.00. The first-order chi connectivity index (χ1) is 11.6. The smallest absolute Gasteiger partial charge is 0.244 e. The Morgan fingerprint density at radius 3 is 3.00 bits per heavy atom. The van der Waals surface area contributed by atoms with Crippen LogP contribution < -0.4 is 5.32 Å². The minimum absolute atomic E-state index is 0.107. The van der Waals surface area contributed by atoms with E-state index >= 15 is 0 Å². The number of aromatic nitrogens is 3. The van der Waals surface area contributed by atoms with E-state index < -0.39 is 0 Å². The van der Waals surface area contributed by atoms with Crippen molar-refractivity contribution in [2.75, 3.05) is 6.54 Å². The SMILES string of the molecule is Cc1noc(CCCNC(=O)/C=C/c2cn(C)c3ccccc23)n1. The van der Waals surface area contributed by atoms with Crippen molar-refractivity contribution in [1.29, 1.82) is 0 Å². The molecule has 0 unspecified atom stereocenters. The number of carbonyl (C=O) groups excluding carboxylic acids is 1. The molecule has 2 heterocycles. The van der Waals surface area contributed by atoms with Gasteiger partial charge in [0.1, 0.15) is 0 Å². The zero-order chi connectivity index (χ0) is 16.9. The Hall–Kier alpha value is -2.89. The summed E-state index contributed by atoms with van der Waals surface area (Å²) in [5.74, 6) is 1.13. The molecule has 0 fully saturated rings. The Morgan fingerprint density at radius 2 is 2.21 bits per heavy atom. The number of hydrogen-bond acceptors (Lipinski definition) is 4. The molecule has 124 valence electrons. The highest BCUT2D eigenvalue weighted by Gasteiger charge is 2.04. The molecule has 1 aromatic carbocycles. The third-order valence-corrected chi connectivity index (χ3v) is 3.78. The molecule has 3 rings (SSSR count). The summed E-state index contributed by atoms with van der Waals surface area (Å²) in [4.78, 5) is 16.0. The first-order valence-electron chi connectivity index (χ1n) is 7.92. The molecular formula is C18H20N4O2. The Balaban J connectivity index is 1.51. The Morgan fingerprint density at radius 1 is 1.38 bits per heavy atom. The van der Waals surface area contributed by atoms with Crippen molar-refractivity contribution in [2.45, 2.75) is 19.8 Å². The van der Waals surface area contributed by atoms with E-state index in [-0.39, 0.29) is 5.91 Å². The molecule has 24 heavy (non-hydrogen) atoms. The van der Waals surface area contributed by atoms with Gasteiger partial charge in [-0.3, -0.25) is 4.79 Å². The van der Waals surface area contributed by atoms with E-state index in [4.69, 9.17) is 4.52 Å². The van der Waals surface area contributed by atoms with Gasteiger partial charge in [0, 0.05) is 48.8 Å². The van der Waals surface area contributed by atoms with Crippen LogP contribution in [0.2, 0.25) is 0 Å². The molecular weight excluding hydrogens is 304 g/mol. The lowest BCUT2D eigenvalue weighted by Gasteiger charge is -1.99. The monoisotopic (exact) mass is 324 g/mol. The van der Waals surface area contributed by atoms with E-state index in [2.05, 4.69) is 32.2 Å². The molecule has 0 spiro atoms. The van der Waals surface area contributed by atoms with Crippen molar-refractivity contribution >= 4 is 22.9 Å². The summed E-state index contributed by atoms with van der Waals surface area (Å²) < 4.78 is 7.08. The number of nitrogens with one attached hydrogen (secondary N) is 1. The maximum absolute atomic E-state index is 11.9. The number of nitrogens with zero attached hydrogens (tertiary/aromatic N) is 3. The highest BCUT2D eigenvalue weighted by molar-refractivity contribution is 5.96. The molecule has 2 aromatic heterocycles. The molecule has 6 heteroatoms. The Bertz CT molecular complexity index is 876. The van der Waals surface area contributed by atoms with Crippen LogP contribution >= 0.6 is 0 Å². The second-order valence-corrected chi connectivity index (χ2v) is 5.68. The van der Waals surface area contributed by atoms with Crippen LogP contribution in [0.5, 0.6) is 0 Å². The summed E-state index contributed by atoms with van der Waals surface area (Å²) >= 11 is 0. The van der Waals surface area contributed by atoms with E-state index in [1.165, 1.54) is 0 Å². The topological polar surface area (TPSA) is 73.0 Å². The Labute approximate surface area is 140 Å². The lowest BCUT2D eigenvalue weighted by Crippen LogP contribution is -2.22. The number of hydrogen-bond donors (Lipinski definition) is 1. The van der Waals surface area contributed by atoms with E-state index in [1.807, 2.05) is 31.5 Å². The van der Waals surface area contributed by atoms with Gasteiger partial charge in [0.05, 0.1) is 0 Å². The van der Waals surface area contributed by atoms with Crippen LogP contribution in [0.3, 0.4) is 0 Å². The molecule has 0 aliphatic rings. The van der Waals surface area contributed by atoms with Gasteiger partial charge >= 0.3 is 0 Å². The fourth-order valence-electron chi connectivity index (χ4n) is 2.62. The molecule has 1 amide bonds. The van der Waals surface area contributed by atoms with E-state index in [1.54, 1.807) is 13.0 Å². The Kier molecular flexibility index (Phi) is 4.74. The van der Waals surface area contributed by atoms with Crippen molar-refractivity contribution in [1.82, 2.24) is 20.0 Å². The normalized spacial score (nSPS) is 11.4. The minimum Gasteiger partial charge on any atom is -0.353 e. The van der Waals surface area contributed by atoms with Gasteiger partial charge < -0.3 is 14.4 Å². The number of amides is 1. The molecule has 0 bridgehead atoms. The largest absolute Gasteiger partial charge is 0.353 e. The molecule has 6 nitrogen and oxygen atoms in total. The van der Waals surface area contributed by atoms with Crippen LogP contribution in [-0.2, 0) is 18.3 Å². The third kappa shape index (κ3) is 3.71. The summed E-state index contributed by atoms with van der Waals surface area (Å²) in [6.45, 7) is 2.35. The first kappa shape index (κ1) is 16.0. The zero-order valence-electron chi connectivity index (χ0n) is 13.8. The predicted molar refractivity (Wildman–Crippen MR) is 92.3 cm³/mol. The van der Waals surface area contributed by atoms with Gasteiger partial charge in [0.2, 0.25) is 11.8 Å². The van der Waals surface area contributed by atoms with Crippen LogP contribution in [0.15, 0.2) is 41.1 Å². The van der Waals surface area contributed by atoms with Gasteiger partial charge in [-0.15, -0.1) is 0 Å².